The minimum absolute atomic E-state index is 0.244. The molecule has 0 amide bonds. The fourth-order valence-electron chi connectivity index (χ4n) is 3.03. The summed E-state index contributed by atoms with van der Waals surface area (Å²) < 4.78 is 33.9. The molecule has 0 saturated carbocycles. The summed E-state index contributed by atoms with van der Waals surface area (Å²) in [6, 6.07) is 14.0. The molecular formula is C20H26N2O3S. The number of benzene rings is 2. The number of sulfonamides is 1. The van der Waals surface area contributed by atoms with Gasteiger partial charge in [0.25, 0.3) is 10.0 Å². The van der Waals surface area contributed by atoms with E-state index < -0.39 is 10.0 Å². The molecule has 2 aromatic rings. The maximum absolute atomic E-state index is 12.6. The van der Waals surface area contributed by atoms with Crippen LogP contribution in [0, 0.1) is 12.8 Å². The van der Waals surface area contributed by atoms with Gasteiger partial charge >= 0.3 is 0 Å². The van der Waals surface area contributed by atoms with Crippen molar-refractivity contribution in [1.82, 2.24) is 4.90 Å². The van der Waals surface area contributed by atoms with Crippen molar-refractivity contribution in [2.75, 3.05) is 31.5 Å². The molecule has 0 aliphatic carbocycles. The third-order valence-corrected chi connectivity index (χ3v) is 6.16. The molecule has 1 heterocycles. The number of aryl methyl sites for hydroxylation is 1. The summed E-state index contributed by atoms with van der Waals surface area (Å²) in [5.41, 5.74) is 1.49. The van der Waals surface area contributed by atoms with Crippen LogP contribution in [0.4, 0.5) is 5.69 Å². The number of nitrogens with zero attached hydrogens (tertiary/aromatic N) is 1. The molecule has 2 aromatic carbocycles. The Morgan fingerprint density at radius 3 is 2.42 bits per heavy atom. The van der Waals surface area contributed by atoms with Crippen molar-refractivity contribution in [2.45, 2.75) is 24.7 Å². The molecule has 0 aromatic heterocycles. The predicted molar refractivity (Wildman–Crippen MR) is 104 cm³/mol. The van der Waals surface area contributed by atoms with E-state index in [4.69, 9.17) is 4.74 Å². The molecule has 3 rings (SSSR count). The molecule has 5 nitrogen and oxygen atoms in total. The Bertz CT molecular complexity index is 826. The Morgan fingerprint density at radius 2 is 1.73 bits per heavy atom. The van der Waals surface area contributed by atoms with Crippen LogP contribution in [-0.4, -0.2) is 40.1 Å². The van der Waals surface area contributed by atoms with Crippen LogP contribution in [0.1, 0.15) is 18.4 Å². The van der Waals surface area contributed by atoms with E-state index in [-0.39, 0.29) is 4.90 Å². The van der Waals surface area contributed by atoms with Gasteiger partial charge in [-0.25, -0.2) is 8.42 Å². The van der Waals surface area contributed by atoms with Gasteiger partial charge in [-0.05, 0) is 70.1 Å². The van der Waals surface area contributed by atoms with E-state index >= 15 is 0 Å². The topological polar surface area (TPSA) is 58.6 Å². The van der Waals surface area contributed by atoms with Gasteiger partial charge in [-0.3, -0.25) is 4.72 Å². The lowest BCUT2D eigenvalue weighted by Crippen LogP contribution is -2.32. The molecule has 0 radical (unpaired) electrons. The lowest BCUT2D eigenvalue weighted by atomic mass is 9.98. The summed E-state index contributed by atoms with van der Waals surface area (Å²) in [7, 11) is -1.51. The minimum atomic E-state index is -3.64. The summed E-state index contributed by atoms with van der Waals surface area (Å²) >= 11 is 0. The average Bonchev–Trinajstić information content (AvgIpc) is 2.62. The standard InChI is InChI=1S/C20H26N2O3S/c1-16-7-9-18(10-8-16)26(23,24)21-19-5-3-4-6-20(19)25-15-17-11-13-22(2)14-12-17/h3-10,17,21H,11-15H2,1-2H3. The van der Waals surface area contributed by atoms with E-state index in [0.717, 1.165) is 31.5 Å². The number of rotatable bonds is 6. The first-order valence-corrected chi connectivity index (χ1v) is 10.4. The molecule has 0 unspecified atom stereocenters. The molecule has 6 heteroatoms. The second-order valence-electron chi connectivity index (χ2n) is 6.97. The van der Waals surface area contributed by atoms with Gasteiger partial charge in [0.15, 0.2) is 0 Å². The van der Waals surface area contributed by atoms with Gasteiger partial charge in [0.05, 0.1) is 17.2 Å². The Hall–Kier alpha value is -2.05. The number of hydrogen-bond donors (Lipinski definition) is 1. The van der Waals surface area contributed by atoms with Gasteiger partial charge in [-0.2, -0.15) is 0 Å². The fourth-order valence-corrected chi connectivity index (χ4v) is 4.10. The van der Waals surface area contributed by atoms with E-state index in [9.17, 15) is 8.42 Å². The van der Waals surface area contributed by atoms with Crippen LogP contribution >= 0.6 is 0 Å². The summed E-state index contributed by atoms with van der Waals surface area (Å²) in [4.78, 5) is 2.56. The first kappa shape index (κ1) is 18.7. The van der Waals surface area contributed by atoms with Crippen molar-refractivity contribution in [2.24, 2.45) is 5.92 Å². The third-order valence-electron chi connectivity index (χ3n) is 4.78. The smallest absolute Gasteiger partial charge is 0.262 e. The van der Waals surface area contributed by atoms with Crippen molar-refractivity contribution < 1.29 is 13.2 Å². The maximum Gasteiger partial charge on any atom is 0.262 e. The van der Waals surface area contributed by atoms with Crippen LogP contribution in [-0.2, 0) is 10.0 Å². The largest absolute Gasteiger partial charge is 0.491 e. The Morgan fingerprint density at radius 1 is 1.08 bits per heavy atom. The molecule has 1 aliphatic rings. The first-order valence-electron chi connectivity index (χ1n) is 8.94. The van der Waals surface area contributed by atoms with Crippen molar-refractivity contribution in [1.29, 1.82) is 0 Å². The van der Waals surface area contributed by atoms with Crippen molar-refractivity contribution in [3.8, 4) is 5.75 Å². The fraction of sp³-hybridized carbons (Fsp3) is 0.400. The molecule has 0 bridgehead atoms. The number of piperidine rings is 1. The van der Waals surface area contributed by atoms with Crippen LogP contribution < -0.4 is 9.46 Å². The monoisotopic (exact) mass is 374 g/mol. The zero-order valence-corrected chi connectivity index (χ0v) is 16.1. The van der Waals surface area contributed by atoms with Gasteiger partial charge < -0.3 is 9.64 Å². The van der Waals surface area contributed by atoms with Crippen LogP contribution in [0.25, 0.3) is 0 Å². The number of ether oxygens (including phenoxy) is 1. The number of para-hydroxylation sites is 2. The summed E-state index contributed by atoms with van der Waals surface area (Å²) in [5.74, 6) is 1.08. The summed E-state index contributed by atoms with van der Waals surface area (Å²) in [5, 5.41) is 0. The molecule has 0 spiro atoms. The van der Waals surface area contributed by atoms with Crippen LogP contribution in [0.2, 0.25) is 0 Å². The van der Waals surface area contributed by atoms with E-state index in [1.54, 1.807) is 36.4 Å². The van der Waals surface area contributed by atoms with E-state index in [1.165, 1.54) is 0 Å². The van der Waals surface area contributed by atoms with Crippen molar-refractivity contribution in [3.05, 3.63) is 54.1 Å². The molecule has 0 atom stereocenters. The van der Waals surface area contributed by atoms with E-state index in [1.807, 2.05) is 19.1 Å². The quantitative estimate of drug-likeness (QED) is 0.840. The van der Waals surface area contributed by atoms with E-state index in [0.29, 0.717) is 24.0 Å². The highest BCUT2D eigenvalue weighted by Crippen LogP contribution is 2.28. The highest BCUT2D eigenvalue weighted by Gasteiger charge is 2.19. The molecule has 1 fully saturated rings. The molecule has 140 valence electrons. The van der Waals surface area contributed by atoms with Gasteiger partial charge in [0.2, 0.25) is 0 Å². The number of hydrogen-bond acceptors (Lipinski definition) is 4. The van der Waals surface area contributed by atoms with Gasteiger partial charge in [0, 0.05) is 0 Å². The molecular weight excluding hydrogens is 348 g/mol. The zero-order chi connectivity index (χ0) is 18.6. The lowest BCUT2D eigenvalue weighted by Gasteiger charge is -2.29. The Labute approximate surface area is 156 Å². The number of nitrogens with one attached hydrogen (secondary N) is 1. The van der Waals surface area contributed by atoms with E-state index in [2.05, 4.69) is 16.7 Å². The highest BCUT2D eigenvalue weighted by atomic mass is 32.2. The third kappa shape index (κ3) is 4.77. The molecule has 1 saturated heterocycles. The lowest BCUT2D eigenvalue weighted by molar-refractivity contribution is 0.160. The predicted octanol–water partition coefficient (Wildman–Crippen LogP) is 3.52. The Kier molecular flexibility index (Phi) is 5.84. The zero-order valence-electron chi connectivity index (χ0n) is 15.3. The molecule has 1 N–H and O–H groups in total. The van der Waals surface area contributed by atoms with Crippen molar-refractivity contribution in [3.63, 3.8) is 0 Å². The second-order valence-corrected chi connectivity index (χ2v) is 8.65. The highest BCUT2D eigenvalue weighted by molar-refractivity contribution is 7.92. The van der Waals surface area contributed by atoms with Gasteiger partial charge in [-0.1, -0.05) is 29.8 Å². The maximum atomic E-state index is 12.6. The second kappa shape index (κ2) is 8.10. The van der Waals surface area contributed by atoms with Crippen LogP contribution in [0.5, 0.6) is 5.75 Å². The summed E-state index contributed by atoms with van der Waals surface area (Å²) in [6.45, 7) is 4.69. The molecule has 26 heavy (non-hydrogen) atoms. The number of anilines is 1. The van der Waals surface area contributed by atoms with Crippen LogP contribution in [0.3, 0.4) is 0 Å². The first-order chi connectivity index (χ1) is 12.4. The summed E-state index contributed by atoms with van der Waals surface area (Å²) in [6.07, 6.45) is 2.21. The Balaban J connectivity index is 1.69. The van der Waals surface area contributed by atoms with Crippen molar-refractivity contribution >= 4 is 15.7 Å². The van der Waals surface area contributed by atoms with Crippen LogP contribution in [0.15, 0.2) is 53.4 Å². The van der Waals surface area contributed by atoms with Gasteiger partial charge in [-0.15, -0.1) is 0 Å². The average molecular weight is 375 g/mol. The minimum Gasteiger partial charge on any atom is -0.491 e. The van der Waals surface area contributed by atoms with Gasteiger partial charge in [0.1, 0.15) is 5.75 Å². The number of likely N-dealkylation sites (tertiary alicyclic amines) is 1. The molecule has 1 aliphatic heterocycles. The SMILES string of the molecule is Cc1ccc(S(=O)(=O)Nc2ccccc2OCC2CCN(C)CC2)cc1. The normalized spacial score (nSPS) is 16.4.